The molecular weight excluding hydrogens is 196 g/mol. The van der Waals surface area contributed by atoms with Crippen molar-refractivity contribution in [2.75, 3.05) is 7.11 Å². The molecule has 5 heteroatoms. The maximum atomic E-state index is 10.7. The van der Waals surface area contributed by atoms with E-state index in [4.69, 9.17) is 0 Å². The van der Waals surface area contributed by atoms with Gasteiger partial charge in [0.25, 0.3) is 0 Å². The predicted molar refractivity (Wildman–Crippen MR) is 60.5 cm³/mol. The van der Waals surface area contributed by atoms with E-state index in [9.17, 15) is 9.59 Å². The number of hydrogen-bond acceptors (Lipinski definition) is 4. The molecule has 5 nitrogen and oxygen atoms in total. The molecule has 0 bridgehead atoms. The number of esters is 1. The highest BCUT2D eigenvalue weighted by molar-refractivity contribution is 5.84. The summed E-state index contributed by atoms with van der Waals surface area (Å²) in [6.45, 7) is 7.02. The highest BCUT2D eigenvalue weighted by Crippen LogP contribution is 2.05. The molecule has 0 saturated heterocycles. The second kappa shape index (κ2) is 12.6. The van der Waals surface area contributed by atoms with E-state index in [0.29, 0.717) is 0 Å². The third-order valence-corrected chi connectivity index (χ3v) is 1.53. The van der Waals surface area contributed by atoms with Crippen molar-refractivity contribution >= 4 is 11.9 Å². The Morgan fingerprint density at radius 1 is 1.53 bits per heavy atom. The van der Waals surface area contributed by atoms with Gasteiger partial charge in [-0.1, -0.05) is 26.8 Å². The Kier molecular flexibility index (Phi) is 16.2. The highest BCUT2D eigenvalue weighted by atomic mass is 16.5. The lowest BCUT2D eigenvalue weighted by Crippen LogP contribution is -2.11. The normalized spacial score (nSPS) is 9.80. The third-order valence-electron chi connectivity index (χ3n) is 1.53. The number of rotatable bonds is 4. The van der Waals surface area contributed by atoms with Gasteiger partial charge in [-0.3, -0.25) is 9.59 Å². The van der Waals surface area contributed by atoms with Crippen LogP contribution in [0.5, 0.6) is 0 Å². The first kappa shape index (κ1) is 19.2. The molecule has 5 N–H and O–H groups in total. The molecule has 0 aliphatic heterocycles. The van der Waals surface area contributed by atoms with E-state index >= 15 is 0 Å². The van der Waals surface area contributed by atoms with Crippen molar-refractivity contribution in [3.8, 4) is 0 Å². The first-order valence-electron chi connectivity index (χ1n) is 4.49. The van der Waals surface area contributed by atoms with Gasteiger partial charge in [0, 0.05) is 0 Å². The molecule has 0 radical (unpaired) electrons. The van der Waals surface area contributed by atoms with Crippen LogP contribution in [0.3, 0.4) is 0 Å². The molecule has 15 heavy (non-hydrogen) atoms. The predicted octanol–water partition coefficient (Wildman–Crippen LogP) is 1.42. The van der Waals surface area contributed by atoms with E-state index in [1.54, 1.807) is 0 Å². The minimum atomic E-state index is -0.481. The average molecular weight is 218 g/mol. The minimum Gasteiger partial charge on any atom is -0.469 e. The molecule has 0 spiro atoms. The zero-order valence-electron chi connectivity index (χ0n) is 9.79. The van der Waals surface area contributed by atoms with Crippen LogP contribution >= 0.6 is 0 Å². The largest absolute Gasteiger partial charge is 0.469 e. The van der Waals surface area contributed by atoms with Gasteiger partial charge < -0.3 is 16.6 Å². The summed E-state index contributed by atoms with van der Waals surface area (Å²) in [5, 5.41) is 0. The molecule has 90 valence electrons. The van der Waals surface area contributed by atoms with Crippen molar-refractivity contribution in [1.82, 2.24) is 6.15 Å². The molecule has 0 rings (SSSR count). The third kappa shape index (κ3) is 15.4. The second-order valence-corrected chi connectivity index (χ2v) is 2.82. The summed E-state index contributed by atoms with van der Waals surface area (Å²) in [6, 6.07) is 0. The quantitative estimate of drug-likeness (QED) is 0.549. The van der Waals surface area contributed by atoms with Crippen LogP contribution in [0.2, 0.25) is 0 Å². The highest BCUT2D eigenvalue weighted by Gasteiger charge is 2.10. The fourth-order valence-electron chi connectivity index (χ4n) is 0.752. The summed E-state index contributed by atoms with van der Waals surface area (Å²) in [5.41, 5.74) is 4.53. The van der Waals surface area contributed by atoms with Crippen molar-refractivity contribution in [2.24, 2.45) is 11.7 Å². The summed E-state index contributed by atoms with van der Waals surface area (Å²) in [4.78, 5) is 20.2. The van der Waals surface area contributed by atoms with Crippen LogP contribution in [0.1, 0.15) is 26.7 Å². The van der Waals surface area contributed by atoms with Crippen molar-refractivity contribution in [1.29, 1.82) is 0 Å². The van der Waals surface area contributed by atoms with Crippen LogP contribution in [-0.4, -0.2) is 19.0 Å². The molecule has 0 aliphatic rings. The van der Waals surface area contributed by atoms with E-state index in [1.807, 2.05) is 6.92 Å². The molecule has 1 atom stereocenters. The summed E-state index contributed by atoms with van der Waals surface area (Å²) in [7, 11) is 1.43. The SMILES string of the molecule is C=CC(N)=O.CCCC(C)C(=O)OC.N. The van der Waals surface area contributed by atoms with Gasteiger partial charge in [-0.25, -0.2) is 0 Å². The molecule has 1 amide bonds. The molecule has 0 fully saturated rings. The maximum absolute atomic E-state index is 10.7. The van der Waals surface area contributed by atoms with Crippen LogP contribution < -0.4 is 11.9 Å². The first-order chi connectivity index (χ1) is 6.49. The Labute approximate surface area is 91.3 Å². The molecule has 0 aromatic heterocycles. The van der Waals surface area contributed by atoms with Gasteiger partial charge >= 0.3 is 5.97 Å². The standard InChI is InChI=1S/C7H14O2.C3H5NO.H3N/c1-4-5-6(2)7(8)9-3;1-2-3(4)5;/h6H,4-5H2,1-3H3;2H,1H2,(H2,4,5);1H3. The monoisotopic (exact) mass is 218 g/mol. The fourth-order valence-corrected chi connectivity index (χ4v) is 0.752. The van der Waals surface area contributed by atoms with Gasteiger partial charge in [0.2, 0.25) is 5.91 Å². The van der Waals surface area contributed by atoms with Crippen LogP contribution in [0.25, 0.3) is 0 Å². The number of carbonyl (C=O) groups is 2. The lowest BCUT2D eigenvalue weighted by atomic mass is 10.1. The van der Waals surface area contributed by atoms with E-state index in [-0.39, 0.29) is 18.0 Å². The molecule has 0 saturated carbocycles. The van der Waals surface area contributed by atoms with Crippen LogP contribution in [0.4, 0.5) is 0 Å². The molecule has 0 aromatic rings. The number of hydrogen-bond donors (Lipinski definition) is 2. The molecule has 0 aliphatic carbocycles. The van der Waals surface area contributed by atoms with E-state index in [1.165, 1.54) is 7.11 Å². The Balaban J connectivity index is -0.000000208. The maximum Gasteiger partial charge on any atom is 0.308 e. The van der Waals surface area contributed by atoms with Crippen molar-refractivity contribution in [3.05, 3.63) is 12.7 Å². The first-order valence-corrected chi connectivity index (χ1v) is 4.49. The molecular formula is C10H22N2O3. The van der Waals surface area contributed by atoms with Gasteiger partial charge in [-0.2, -0.15) is 0 Å². The van der Waals surface area contributed by atoms with Gasteiger partial charge in [-0.05, 0) is 12.5 Å². The van der Waals surface area contributed by atoms with Crippen LogP contribution in [0.15, 0.2) is 12.7 Å². The fraction of sp³-hybridized carbons (Fsp3) is 0.600. The second-order valence-electron chi connectivity index (χ2n) is 2.82. The molecule has 0 heterocycles. The number of ether oxygens (including phenoxy) is 1. The van der Waals surface area contributed by atoms with Crippen molar-refractivity contribution < 1.29 is 14.3 Å². The zero-order chi connectivity index (χ0) is 11.6. The Morgan fingerprint density at radius 2 is 1.93 bits per heavy atom. The van der Waals surface area contributed by atoms with Crippen molar-refractivity contribution in [2.45, 2.75) is 26.7 Å². The lowest BCUT2D eigenvalue weighted by molar-refractivity contribution is -0.145. The number of methoxy groups -OCH3 is 1. The van der Waals surface area contributed by atoms with E-state index < -0.39 is 5.91 Å². The minimum absolute atomic E-state index is 0. The Hall–Kier alpha value is -1.36. The number of carbonyl (C=O) groups excluding carboxylic acids is 2. The van der Waals surface area contributed by atoms with Crippen LogP contribution in [-0.2, 0) is 14.3 Å². The topological polar surface area (TPSA) is 104 Å². The smallest absolute Gasteiger partial charge is 0.308 e. The summed E-state index contributed by atoms with van der Waals surface area (Å²) < 4.78 is 4.53. The van der Waals surface area contributed by atoms with Gasteiger partial charge in [0.05, 0.1) is 13.0 Å². The van der Waals surface area contributed by atoms with Crippen molar-refractivity contribution in [3.63, 3.8) is 0 Å². The molecule has 0 aromatic carbocycles. The zero-order valence-corrected chi connectivity index (χ0v) is 9.79. The van der Waals surface area contributed by atoms with Crippen LogP contribution in [0, 0.1) is 5.92 Å². The van der Waals surface area contributed by atoms with Gasteiger partial charge in [0.1, 0.15) is 0 Å². The number of primary amides is 1. The Morgan fingerprint density at radius 3 is 2.13 bits per heavy atom. The lowest BCUT2D eigenvalue weighted by Gasteiger charge is -2.05. The summed E-state index contributed by atoms with van der Waals surface area (Å²) >= 11 is 0. The molecule has 1 unspecified atom stereocenters. The average Bonchev–Trinajstić information content (AvgIpc) is 2.17. The van der Waals surface area contributed by atoms with E-state index in [2.05, 4.69) is 24.0 Å². The summed E-state index contributed by atoms with van der Waals surface area (Å²) in [6.07, 6.45) is 3.02. The summed E-state index contributed by atoms with van der Waals surface area (Å²) in [5.74, 6) is -0.512. The number of nitrogens with two attached hydrogens (primary N) is 1. The van der Waals surface area contributed by atoms with Gasteiger partial charge in [-0.15, -0.1) is 0 Å². The number of amides is 1. The van der Waals surface area contributed by atoms with E-state index in [0.717, 1.165) is 18.9 Å². The van der Waals surface area contributed by atoms with Gasteiger partial charge in [0.15, 0.2) is 0 Å². The Bertz CT molecular complexity index is 193.